The third kappa shape index (κ3) is 4.35. The zero-order valence-electron chi connectivity index (χ0n) is 11.4. The van der Waals surface area contributed by atoms with Crippen molar-refractivity contribution >= 4 is 24.0 Å². The van der Waals surface area contributed by atoms with Crippen molar-refractivity contribution in [2.75, 3.05) is 18.5 Å². The first-order chi connectivity index (χ1) is 9.20. The maximum absolute atomic E-state index is 13.6. The molecule has 0 spiro atoms. The number of benzene rings is 1. The predicted molar refractivity (Wildman–Crippen MR) is 79.1 cm³/mol. The minimum atomic E-state index is -0.462. The van der Waals surface area contributed by atoms with Crippen molar-refractivity contribution in [3.05, 3.63) is 24.0 Å². The van der Waals surface area contributed by atoms with Crippen LogP contribution in [0.5, 0.6) is 5.75 Å². The highest BCUT2D eigenvalue weighted by Gasteiger charge is 2.20. The van der Waals surface area contributed by atoms with Crippen molar-refractivity contribution in [1.29, 1.82) is 0 Å². The molecule has 0 radical (unpaired) electrons. The Morgan fingerprint density at radius 3 is 2.90 bits per heavy atom. The molecule has 0 aliphatic carbocycles. The summed E-state index contributed by atoms with van der Waals surface area (Å²) in [6, 6.07) is 4.28. The normalized spacial score (nSPS) is 18.0. The number of piperidine rings is 1. The quantitative estimate of drug-likeness (QED) is 0.899. The summed E-state index contributed by atoms with van der Waals surface area (Å²) in [6.07, 6.45) is 2.97. The lowest BCUT2D eigenvalue weighted by molar-refractivity contribution is -0.118. The van der Waals surface area contributed by atoms with Gasteiger partial charge in [0.2, 0.25) is 5.91 Å². The number of anilines is 1. The van der Waals surface area contributed by atoms with Gasteiger partial charge in [0, 0.05) is 11.8 Å². The number of amides is 1. The van der Waals surface area contributed by atoms with Crippen LogP contribution in [0, 0.1) is 5.82 Å². The molecule has 0 aromatic heterocycles. The van der Waals surface area contributed by atoms with Crippen molar-refractivity contribution in [3.63, 3.8) is 0 Å². The monoisotopic (exact) mass is 302 g/mol. The topological polar surface area (TPSA) is 50.4 Å². The fraction of sp³-hybridized carbons (Fsp3) is 0.500. The van der Waals surface area contributed by atoms with Crippen LogP contribution in [0.2, 0.25) is 0 Å². The third-order valence-corrected chi connectivity index (χ3v) is 3.13. The second-order valence-corrected chi connectivity index (χ2v) is 4.57. The molecule has 2 N–H and O–H groups in total. The van der Waals surface area contributed by atoms with E-state index in [4.69, 9.17) is 4.74 Å². The maximum atomic E-state index is 13.6. The van der Waals surface area contributed by atoms with Crippen LogP contribution in [0.15, 0.2) is 18.2 Å². The number of halogens is 2. The van der Waals surface area contributed by atoms with Gasteiger partial charge < -0.3 is 15.4 Å². The molecule has 6 heteroatoms. The van der Waals surface area contributed by atoms with Crippen LogP contribution >= 0.6 is 12.4 Å². The van der Waals surface area contributed by atoms with E-state index < -0.39 is 5.82 Å². The van der Waals surface area contributed by atoms with Gasteiger partial charge in [-0.3, -0.25) is 4.79 Å². The maximum Gasteiger partial charge on any atom is 0.241 e. The van der Waals surface area contributed by atoms with E-state index in [9.17, 15) is 9.18 Å². The van der Waals surface area contributed by atoms with Crippen LogP contribution in [0.25, 0.3) is 0 Å². The van der Waals surface area contributed by atoms with E-state index in [1.54, 1.807) is 13.0 Å². The Labute approximate surface area is 124 Å². The molecular weight excluding hydrogens is 283 g/mol. The number of hydrogen-bond donors (Lipinski definition) is 2. The predicted octanol–water partition coefficient (Wildman–Crippen LogP) is 2.73. The van der Waals surface area contributed by atoms with E-state index >= 15 is 0 Å². The lowest BCUT2D eigenvalue weighted by Gasteiger charge is -2.22. The molecule has 1 saturated heterocycles. The molecule has 2 rings (SSSR count). The fourth-order valence-electron chi connectivity index (χ4n) is 2.16. The van der Waals surface area contributed by atoms with Crippen LogP contribution in [0.3, 0.4) is 0 Å². The molecule has 1 fully saturated rings. The highest BCUT2D eigenvalue weighted by atomic mass is 35.5. The zero-order valence-corrected chi connectivity index (χ0v) is 12.3. The van der Waals surface area contributed by atoms with Gasteiger partial charge >= 0.3 is 0 Å². The summed E-state index contributed by atoms with van der Waals surface area (Å²) >= 11 is 0. The van der Waals surface area contributed by atoms with Gasteiger partial charge in [-0.05, 0) is 38.4 Å². The molecule has 1 aliphatic rings. The van der Waals surface area contributed by atoms with Crippen LogP contribution in [0.4, 0.5) is 10.1 Å². The van der Waals surface area contributed by atoms with Crippen LogP contribution < -0.4 is 15.4 Å². The average molecular weight is 303 g/mol. The fourth-order valence-corrected chi connectivity index (χ4v) is 2.16. The first-order valence-corrected chi connectivity index (χ1v) is 6.67. The van der Waals surface area contributed by atoms with E-state index in [-0.39, 0.29) is 30.1 Å². The zero-order chi connectivity index (χ0) is 13.7. The number of hydrogen-bond acceptors (Lipinski definition) is 3. The largest absolute Gasteiger partial charge is 0.491 e. The summed E-state index contributed by atoms with van der Waals surface area (Å²) in [5.41, 5.74) is 0.457. The van der Waals surface area contributed by atoms with Gasteiger partial charge in [0.05, 0.1) is 12.6 Å². The first kappa shape index (κ1) is 16.7. The highest BCUT2D eigenvalue weighted by Crippen LogP contribution is 2.21. The summed E-state index contributed by atoms with van der Waals surface area (Å²) in [7, 11) is 0. The molecule has 1 aromatic rings. The Balaban J connectivity index is 0.00000200. The van der Waals surface area contributed by atoms with E-state index in [0.717, 1.165) is 25.8 Å². The molecule has 1 amide bonds. The lowest BCUT2D eigenvalue weighted by atomic mass is 10.0. The number of ether oxygens (including phenoxy) is 1. The standard InChI is InChI=1S/C14H19FN2O2.ClH/c1-2-19-13-7-6-10(9-11(13)15)17-14(18)12-5-3-4-8-16-12;/h6-7,9,12,16H,2-5,8H2,1H3,(H,17,18);1H/t12-;/m0./s1. The van der Waals surface area contributed by atoms with E-state index in [1.165, 1.54) is 12.1 Å². The van der Waals surface area contributed by atoms with Crippen LogP contribution in [-0.4, -0.2) is 25.1 Å². The van der Waals surface area contributed by atoms with Crippen LogP contribution in [-0.2, 0) is 4.79 Å². The van der Waals surface area contributed by atoms with Crippen molar-refractivity contribution in [2.45, 2.75) is 32.2 Å². The smallest absolute Gasteiger partial charge is 0.241 e. The Hall–Kier alpha value is -1.33. The van der Waals surface area contributed by atoms with Crippen molar-refractivity contribution in [2.24, 2.45) is 0 Å². The second-order valence-electron chi connectivity index (χ2n) is 4.57. The molecule has 4 nitrogen and oxygen atoms in total. The van der Waals surface area contributed by atoms with Gasteiger partial charge in [0.1, 0.15) is 0 Å². The van der Waals surface area contributed by atoms with Gasteiger partial charge in [0.25, 0.3) is 0 Å². The van der Waals surface area contributed by atoms with E-state index in [1.807, 2.05) is 0 Å². The molecule has 1 aliphatic heterocycles. The summed E-state index contributed by atoms with van der Waals surface area (Å²) in [6.45, 7) is 3.06. The SMILES string of the molecule is CCOc1ccc(NC(=O)[C@@H]2CCCCN2)cc1F.Cl. The van der Waals surface area contributed by atoms with Gasteiger partial charge in [-0.25, -0.2) is 4.39 Å². The van der Waals surface area contributed by atoms with E-state index in [0.29, 0.717) is 12.3 Å². The molecular formula is C14H20ClFN2O2. The Morgan fingerprint density at radius 2 is 2.30 bits per heavy atom. The van der Waals surface area contributed by atoms with Crippen molar-refractivity contribution in [1.82, 2.24) is 5.32 Å². The van der Waals surface area contributed by atoms with Crippen molar-refractivity contribution in [3.8, 4) is 5.75 Å². The lowest BCUT2D eigenvalue weighted by Crippen LogP contribution is -2.43. The molecule has 0 bridgehead atoms. The van der Waals surface area contributed by atoms with Gasteiger partial charge in [0.15, 0.2) is 11.6 Å². The molecule has 20 heavy (non-hydrogen) atoms. The minimum Gasteiger partial charge on any atom is -0.491 e. The Kier molecular flexibility index (Phi) is 6.75. The summed E-state index contributed by atoms with van der Waals surface area (Å²) in [4.78, 5) is 12.0. The number of rotatable bonds is 4. The summed E-state index contributed by atoms with van der Waals surface area (Å²) in [5, 5.41) is 5.88. The third-order valence-electron chi connectivity index (χ3n) is 3.13. The van der Waals surface area contributed by atoms with Gasteiger partial charge in [-0.15, -0.1) is 12.4 Å². The summed E-state index contributed by atoms with van der Waals surface area (Å²) in [5.74, 6) is -0.365. The summed E-state index contributed by atoms with van der Waals surface area (Å²) < 4.78 is 18.8. The molecule has 1 aromatic carbocycles. The molecule has 0 unspecified atom stereocenters. The Morgan fingerprint density at radius 1 is 1.50 bits per heavy atom. The molecule has 1 atom stereocenters. The molecule has 1 heterocycles. The minimum absolute atomic E-state index is 0. The second kappa shape index (κ2) is 8.07. The number of carbonyl (C=O) groups is 1. The highest BCUT2D eigenvalue weighted by molar-refractivity contribution is 5.94. The Bertz CT molecular complexity index is 451. The molecule has 0 saturated carbocycles. The number of nitrogens with one attached hydrogen (secondary N) is 2. The van der Waals surface area contributed by atoms with Crippen molar-refractivity contribution < 1.29 is 13.9 Å². The molecule has 112 valence electrons. The van der Waals surface area contributed by atoms with E-state index in [2.05, 4.69) is 10.6 Å². The average Bonchev–Trinajstić information content (AvgIpc) is 2.43. The van der Waals surface area contributed by atoms with Gasteiger partial charge in [-0.2, -0.15) is 0 Å². The number of carbonyl (C=O) groups excluding carboxylic acids is 1. The van der Waals surface area contributed by atoms with Gasteiger partial charge in [-0.1, -0.05) is 6.42 Å². The first-order valence-electron chi connectivity index (χ1n) is 6.67. The van der Waals surface area contributed by atoms with Crippen LogP contribution in [0.1, 0.15) is 26.2 Å².